The van der Waals surface area contributed by atoms with Crippen molar-refractivity contribution in [3.05, 3.63) is 70.8 Å². The minimum absolute atomic E-state index is 0.753. The summed E-state index contributed by atoms with van der Waals surface area (Å²) >= 11 is 0. The van der Waals surface area contributed by atoms with Gasteiger partial charge in [-0.3, -0.25) is 4.79 Å². The molecule has 3 rings (SSSR count). The number of aldehydes is 1. The first kappa shape index (κ1) is 13.6. The molecule has 0 aromatic heterocycles. The van der Waals surface area contributed by atoms with E-state index in [-0.39, 0.29) is 0 Å². The van der Waals surface area contributed by atoms with Gasteiger partial charge in [0, 0.05) is 11.1 Å². The van der Waals surface area contributed by atoms with Crippen molar-refractivity contribution < 1.29 is 4.79 Å². The van der Waals surface area contributed by atoms with Crippen molar-refractivity contribution in [2.24, 2.45) is 0 Å². The van der Waals surface area contributed by atoms with Crippen molar-refractivity contribution in [2.75, 3.05) is 0 Å². The predicted molar refractivity (Wildman–Crippen MR) is 89.0 cm³/mol. The van der Waals surface area contributed by atoms with Gasteiger partial charge in [0.25, 0.3) is 0 Å². The normalized spacial score (nSPS) is 10.8. The minimum atomic E-state index is 0.753. The van der Waals surface area contributed by atoms with E-state index in [4.69, 9.17) is 0 Å². The summed E-state index contributed by atoms with van der Waals surface area (Å²) in [5, 5.41) is 2.30. The van der Waals surface area contributed by atoms with Gasteiger partial charge in [-0.15, -0.1) is 0 Å². The van der Waals surface area contributed by atoms with Crippen LogP contribution in [0.25, 0.3) is 21.9 Å². The van der Waals surface area contributed by atoms with Gasteiger partial charge in [-0.1, -0.05) is 54.1 Å². The van der Waals surface area contributed by atoms with Gasteiger partial charge in [-0.25, -0.2) is 0 Å². The Kier molecular flexibility index (Phi) is 3.34. The number of hydrogen-bond donors (Lipinski definition) is 0. The van der Waals surface area contributed by atoms with Gasteiger partial charge in [-0.05, 0) is 48.2 Å². The van der Waals surface area contributed by atoms with E-state index in [1.165, 1.54) is 22.3 Å². The molecule has 0 atom stereocenters. The second-order valence-electron chi connectivity index (χ2n) is 5.64. The SMILES string of the molecule is Cc1cc(C)c(-c2c(C=O)ccc3ccccc23)c(C)c1. The Morgan fingerprint density at radius 3 is 2.14 bits per heavy atom. The molecular weight excluding hydrogens is 256 g/mol. The fourth-order valence-electron chi connectivity index (χ4n) is 3.24. The van der Waals surface area contributed by atoms with Crippen molar-refractivity contribution in [1.82, 2.24) is 0 Å². The van der Waals surface area contributed by atoms with Crippen molar-refractivity contribution in [3.63, 3.8) is 0 Å². The van der Waals surface area contributed by atoms with Crippen LogP contribution in [0.2, 0.25) is 0 Å². The molecule has 0 aliphatic heterocycles. The van der Waals surface area contributed by atoms with Crippen LogP contribution in [0, 0.1) is 20.8 Å². The van der Waals surface area contributed by atoms with E-state index in [9.17, 15) is 4.79 Å². The fraction of sp³-hybridized carbons (Fsp3) is 0.150. The molecule has 0 saturated carbocycles. The molecule has 0 aliphatic rings. The van der Waals surface area contributed by atoms with Gasteiger partial charge in [0.05, 0.1) is 0 Å². The van der Waals surface area contributed by atoms with Crippen LogP contribution in [-0.4, -0.2) is 6.29 Å². The molecule has 3 aromatic rings. The first-order valence-electron chi connectivity index (χ1n) is 7.17. The zero-order valence-electron chi connectivity index (χ0n) is 12.6. The molecule has 0 saturated heterocycles. The molecule has 0 aliphatic carbocycles. The number of aryl methyl sites for hydroxylation is 3. The number of rotatable bonds is 2. The average molecular weight is 274 g/mol. The summed E-state index contributed by atoms with van der Waals surface area (Å²) in [7, 11) is 0. The molecule has 0 amide bonds. The first-order chi connectivity index (χ1) is 10.1. The Bertz CT molecular complexity index is 821. The molecule has 0 bridgehead atoms. The Labute approximate surface area is 125 Å². The van der Waals surface area contributed by atoms with E-state index in [1.807, 2.05) is 24.3 Å². The highest BCUT2D eigenvalue weighted by Gasteiger charge is 2.14. The van der Waals surface area contributed by atoms with Crippen molar-refractivity contribution >= 4 is 17.1 Å². The molecule has 0 spiro atoms. The van der Waals surface area contributed by atoms with Gasteiger partial charge in [0.2, 0.25) is 0 Å². The number of benzene rings is 3. The van der Waals surface area contributed by atoms with Crippen molar-refractivity contribution in [2.45, 2.75) is 20.8 Å². The molecule has 3 aromatic carbocycles. The van der Waals surface area contributed by atoms with Gasteiger partial charge < -0.3 is 0 Å². The van der Waals surface area contributed by atoms with Crippen molar-refractivity contribution in [1.29, 1.82) is 0 Å². The monoisotopic (exact) mass is 274 g/mol. The zero-order valence-corrected chi connectivity index (χ0v) is 12.6. The van der Waals surface area contributed by atoms with Crippen LogP contribution in [0.4, 0.5) is 0 Å². The molecule has 0 heterocycles. The van der Waals surface area contributed by atoms with E-state index in [2.05, 4.69) is 45.0 Å². The van der Waals surface area contributed by atoms with Crippen LogP contribution in [0.5, 0.6) is 0 Å². The Morgan fingerprint density at radius 2 is 1.48 bits per heavy atom. The minimum Gasteiger partial charge on any atom is -0.298 e. The van der Waals surface area contributed by atoms with Crippen molar-refractivity contribution in [3.8, 4) is 11.1 Å². The van der Waals surface area contributed by atoms with Gasteiger partial charge in [-0.2, -0.15) is 0 Å². The summed E-state index contributed by atoms with van der Waals surface area (Å²) in [6, 6.07) is 16.5. The number of carbonyl (C=O) groups excluding carboxylic acids is 1. The van der Waals surface area contributed by atoms with E-state index in [0.717, 1.165) is 28.2 Å². The molecule has 1 heteroatoms. The highest BCUT2D eigenvalue weighted by molar-refractivity contribution is 6.05. The molecular formula is C20H18O. The van der Waals surface area contributed by atoms with Crippen LogP contribution in [-0.2, 0) is 0 Å². The largest absolute Gasteiger partial charge is 0.298 e. The summed E-state index contributed by atoms with van der Waals surface area (Å²) in [4.78, 5) is 11.5. The quantitative estimate of drug-likeness (QED) is 0.584. The molecule has 0 fully saturated rings. The van der Waals surface area contributed by atoms with Crippen LogP contribution in [0.1, 0.15) is 27.0 Å². The van der Waals surface area contributed by atoms with Crippen LogP contribution in [0.15, 0.2) is 48.5 Å². The van der Waals surface area contributed by atoms with Gasteiger partial charge >= 0.3 is 0 Å². The van der Waals surface area contributed by atoms with E-state index in [1.54, 1.807) is 0 Å². The maximum Gasteiger partial charge on any atom is 0.150 e. The lowest BCUT2D eigenvalue weighted by Crippen LogP contribution is -1.95. The molecule has 21 heavy (non-hydrogen) atoms. The summed E-state index contributed by atoms with van der Waals surface area (Å²) in [5.74, 6) is 0. The lowest BCUT2D eigenvalue weighted by Gasteiger charge is -2.16. The number of hydrogen-bond acceptors (Lipinski definition) is 1. The third-order valence-corrected chi connectivity index (χ3v) is 4.02. The first-order valence-corrected chi connectivity index (χ1v) is 7.17. The second kappa shape index (κ2) is 5.17. The maximum atomic E-state index is 11.5. The third kappa shape index (κ3) is 2.25. The second-order valence-corrected chi connectivity index (χ2v) is 5.64. The topological polar surface area (TPSA) is 17.1 Å². The van der Waals surface area contributed by atoms with E-state index >= 15 is 0 Å². The molecule has 0 radical (unpaired) electrons. The predicted octanol–water partition coefficient (Wildman–Crippen LogP) is 5.24. The zero-order chi connectivity index (χ0) is 15.0. The molecule has 104 valence electrons. The summed E-state index contributed by atoms with van der Waals surface area (Å²) < 4.78 is 0. The van der Waals surface area contributed by atoms with Crippen LogP contribution in [0.3, 0.4) is 0 Å². The highest BCUT2D eigenvalue weighted by Crippen LogP contribution is 2.36. The highest BCUT2D eigenvalue weighted by atomic mass is 16.1. The van der Waals surface area contributed by atoms with E-state index < -0.39 is 0 Å². The van der Waals surface area contributed by atoms with Crippen LogP contribution >= 0.6 is 0 Å². The third-order valence-electron chi connectivity index (χ3n) is 4.02. The molecule has 0 N–H and O–H groups in total. The summed E-state index contributed by atoms with van der Waals surface area (Å²) in [6.07, 6.45) is 0.959. The van der Waals surface area contributed by atoms with Crippen LogP contribution < -0.4 is 0 Å². The lowest BCUT2D eigenvalue weighted by molar-refractivity contribution is 0.112. The van der Waals surface area contributed by atoms with Gasteiger partial charge in [0.15, 0.2) is 6.29 Å². The Morgan fingerprint density at radius 1 is 0.810 bits per heavy atom. The summed E-state index contributed by atoms with van der Waals surface area (Å²) in [6.45, 7) is 6.34. The van der Waals surface area contributed by atoms with Gasteiger partial charge in [0.1, 0.15) is 0 Å². The number of fused-ring (bicyclic) bond motifs is 1. The fourth-order valence-corrected chi connectivity index (χ4v) is 3.24. The molecule has 0 unspecified atom stereocenters. The summed E-state index contributed by atoms with van der Waals surface area (Å²) in [5.41, 5.74) is 6.67. The Hall–Kier alpha value is -2.41. The average Bonchev–Trinajstić information content (AvgIpc) is 2.46. The van der Waals surface area contributed by atoms with E-state index in [0.29, 0.717) is 0 Å². The Balaban J connectivity index is 2.47. The lowest BCUT2D eigenvalue weighted by atomic mass is 9.88. The number of carbonyl (C=O) groups is 1. The smallest absolute Gasteiger partial charge is 0.150 e. The standard InChI is InChI=1S/C20H18O/c1-13-10-14(2)19(15(3)11-13)20-17(12-21)9-8-16-6-4-5-7-18(16)20/h4-12H,1-3H3. The molecule has 1 nitrogen and oxygen atoms in total. The maximum absolute atomic E-state index is 11.5.